The second-order valence-electron chi connectivity index (χ2n) is 6.34. The number of benzene rings is 1. The highest BCUT2D eigenvalue weighted by atomic mass is 127. The summed E-state index contributed by atoms with van der Waals surface area (Å²) in [4.78, 5) is 9.36. The maximum atomic E-state index is 4.49. The molecule has 0 spiro atoms. The number of rotatable bonds is 6. The first-order valence-electron chi connectivity index (χ1n) is 8.94. The van der Waals surface area contributed by atoms with Crippen molar-refractivity contribution in [3.8, 4) is 0 Å². The van der Waals surface area contributed by atoms with Crippen molar-refractivity contribution >= 4 is 29.9 Å². The summed E-state index contributed by atoms with van der Waals surface area (Å²) >= 11 is 0. The van der Waals surface area contributed by atoms with Gasteiger partial charge in [0.25, 0.3) is 0 Å². The number of hydrogen-bond donors (Lipinski definition) is 1. The molecule has 1 N–H and O–H groups in total. The van der Waals surface area contributed by atoms with E-state index in [9.17, 15) is 0 Å². The number of likely N-dealkylation sites (tertiary alicyclic amines) is 1. The number of hydrogen-bond acceptors (Lipinski definition) is 2. The third kappa shape index (κ3) is 5.62. The van der Waals surface area contributed by atoms with Crippen molar-refractivity contribution in [1.82, 2.24) is 15.1 Å². The van der Waals surface area contributed by atoms with Gasteiger partial charge < -0.3 is 10.2 Å². The lowest BCUT2D eigenvalue weighted by atomic mass is 9.99. The number of aliphatic imine (C=N–C) groups is 1. The van der Waals surface area contributed by atoms with E-state index < -0.39 is 0 Å². The van der Waals surface area contributed by atoms with E-state index >= 15 is 0 Å². The van der Waals surface area contributed by atoms with Gasteiger partial charge in [-0.3, -0.25) is 9.89 Å². The van der Waals surface area contributed by atoms with E-state index in [1.165, 1.54) is 12.0 Å². The molecule has 1 saturated heterocycles. The van der Waals surface area contributed by atoms with Gasteiger partial charge in [-0.05, 0) is 32.0 Å². The van der Waals surface area contributed by atoms with Crippen LogP contribution in [0.1, 0.15) is 38.7 Å². The summed E-state index contributed by atoms with van der Waals surface area (Å²) in [7, 11) is 1.89. The summed E-state index contributed by atoms with van der Waals surface area (Å²) in [5.74, 6) is 1.66. The number of halogens is 1. The first kappa shape index (κ1) is 21.2. The van der Waals surface area contributed by atoms with Crippen LogP contribution in [0.25, 0.3) is 0 Å². The zero-order valence-corrected chi connectivity index (χ0v) is 17.9. The summed E-state index contributed by atoms with van der Waals surface area (Å²) < 4.78 is 0. The predicted octanol–water partition coefficient (Wildman–Crippen LogP) is 3.40. The van der Waals surface area contributed by atoms with E-state index in [1.54, 1.807) is 0 Å². The Morgan fingerprint density at radius 2 is 1.96 bits per heavy atom. The zero-order chi connectivity index (χ0) is 16.7. The van der Waals surface area contributed by atoms with Crippen LogP contribution < -0.4 is 5.32 Å². The molecular formula is C19H33IN4. The fourth-order valence-electron chi connectivity index (χ4n) is 3.50. The van der Waals surface area contributed by atoms with E-state index in [4.69, 9.17) is 0 Å². The molecule has 2 rings (SSSR count). The van der Waals surface area contributed by atoms with Gasteiger partial charge in [0, 0.05) is 38.6 Å². The molecule has 0 saturated carbocycles. The second kappa shape index (κ2) is 10.9. The van der Waals surface area contributed by atoms with Gasteiger partial charge in [0.1, 0.15) is 0 Å². The second-order valence-corrected chi connectivity index (χ2v) is 6.34. The summed E-state index contributed by atoms with van der Waals surface area (Å²) in [6.45, 7) is 12.0. The average Bonchev–Trinajstić information content (AvgIpc) is 3.07. The van der Waals surface area contributed by atoms with Crippen molar-refractivity contribution in [2.75, 3.05) is 39.8 Å². The Hall–Kier alpha value is -0.820. The monoisotopic (exact) mass is 444 g/mol. The van der Waals surface area contributed by atoms with Gasteiger partial charge in [0.15, 0.2) is 5.96 Å². The van der Waals surface area contributed by atoms with Crippen LogP contribution in [-0.2, 0) is 0 Å². The van der Waals surface area contributed by atoms with E-state index in [0.717, 1.165) is 38.7 Å². The summed E-state index contributed by atoms with van der Waals surface area (Å²) in [6, 6.07) is 11.4. The third-order valence-electron chi connectivity index (χ3n) is 4.96. The largest absolute Gasteiger partial charge is 0.355 e. The van der Waals surface area contributed by atoms with Gasteiger partial charge >= 0.3 is 0 Å². The van der Waals surface area contributed by atoms with Gasteiger partial charge in [0.2, 0.25) is 0 Å². The van der Waals surface area contributed by atoms with E-state index in [1.807, 2.05) is 7.05 Å². The topological polar surface area (TPSA) is 30.9 Å². The molecule has 1 fully saturated rings. The van der Waals surface area contributed by atoms with Crippen LogP contribution in [0.4, 0.5) is 0 Å². The number of guanidine groups is 1. The smallest absolute Gasteiger partial charge is 0.193 e. The van der Waals surface area contributed by atoms with Crippen LogP contribution >= 0.6 is 24.0 Å². The fraction of sp³-hybridized carbons (Fsp3) is 0.632. The van der Waals surface area contributed by atoms with Gasteiger partial charge in [-0.1, -0.05) is 44.2 Å². The minimum absolute atomic E-state index is 0. The molecule has 2 unspecified atom stereocenters. The van der Waals surface area contributed by atoms with E-state index in [-0.39, 0.29) is 24.0 Å². The summed E-state index contributed by atoms with van der Waals surface area (Å²) in [6.07, 6.45) is 1.20. The lowest BCUT2D eigenvalue weighted by Crippen LogP contribution is -2.46. The molecule has 0 aromatic heterocycles. The van der Waals surface area contributed by atoms with Crippen LogP contribution in [0.2, 0.25) is 0 Å². The summed E-state index contributed by atoms with van der Waals surface area (Å²) in [5, 5.41) is 3.57. The predicted molar refractivity (Wildman–Crippen MR) is 115 cm³/mol. The molecule has 136 valence electrons. The Morgan fingerprint density at radius 1 is 1.29 bits per heavy atom. The molecule has 24 heavy (non-hydrogen) atoms. The van der Waals surface area contributed by atoms with Crippen LogP contribution in [0.15, 0.2) is 35.3 Å². The maximum absolute atomic E-state index is 4.49. The molecule has 4 nitrogen and oxygen atoms in total. The van der Waals surface area contributed by atoms with Crippen LogP contribution in [-0.4, -0.2) is 61.6 Å². The van der Waals surface area contributed by atoms with Crippen molar-refractivity contribution in [2.45, 2.75) is 39.2 Å². The average molecular weight is 444 g/mol. The lowest BCUT2D eigenvalue weighted by Gasteiger charge is -2.29. The first-order valence-corrected chi connectivity index (χ1v) is 8.94. The standard InChI is InChI=1S/C19H32N4.HI/c1-5-22(6-2)16(3)14-21-19(20-4)23-13-12-18(15-23)17-10-8-7-9-11-17;/h7-11,16,18H,5-6,12-15H2,1-4H3,(H,20,21);1H. The maximum Gasteiger partial charge on any atom is 0.193 e. The van der Waals surface area contributed by atoms with Crippen LogP contribution in [0.3, 0.4) is 0 Å². The highest BCUT2D eigenvalue weighted by Crippen LogP contribution is 2.26. The molecular weight excluding hydrogens is 411 g/mol. The molecule has 0 aliphatic carbocycles. The Labute approximate surface area is 164 Å². The minimum Gasteiger partial charge on any atom is -0.355 e. The van der Waals surface area contributed by atoms with Gasteiger partial charge in [0.05, 0.1) is 0 Å². The van der Waals surface area contributed by atoms with Gasteiger partial charge in [-0.15, -0.1) is 24.0 Å². The molecule has 1 aromatic carbocycles. The molecule has 5 heteroatoms. The van der Waals surface area contributed by atoms with Crippen LogP contribution in [0, 0.1) is 0 Å². The normalized spacial score (nSPS) is 19.3. The summed E-state index contributed by atoms with van der Waals surface area (Å²) in [5.41, 5.74) is 1.45. The number of nitrogens with zero attached hydrogens (tertiary/aromatic N) is 3. The van der Waals surface area contributed by atoms with Gasteiger partial charge in [-0.2, -0.15) is 0 Å². The van der Waals surface area contributed by atoms with Crippen molar-refractivity contribution in [3.05, 3.63) is 35.9 Å². The quantitative estimate of drug-likeness (QED) is 0.415. The van der Waals surface area contributed by atoms with Crippen molar-refractivity contribution < 1.29 is 0 Å². The van der Waals surface area contributed by atoms with Gasteiger partial charge in [-0.25, -0.2) is 0 Å². The molecule has 2 atom stereocenters. The zero-order valence-electron chi connectivity index (χ0n) is 15.5. The molecule has 1 aliphatic rings. The van der Waals surface area contributed by atoms with Crippen molar-refractivity contribution in [2.24, 2.45) is 4.99 Å². The fourth-order valence-corrected chi connectivity index (χ4v) is 3.50. The third-order valence-corrected chi connectivity index (χ3v) is 4.96. The number of nitrogens with one attached hydrogen (secondary N) is 1. The lowest BCUT2D eigenvalue weighted by molar-refractivity contribution is 0.230. The minimum atomic E-state index is 0. The molecule has 1 aliphatic heterocycles. The van der Waals surface area contributed by atoms with Crippen molar-refractivity contribution in [1.29, 1.82) is 0 Å². The SMILES string of the molecule is CCN(CC)C(C)CNC(=NC)N1CCC(c2ccccc2)C1.I. The Bertz CT molecular complexity index is 487. The Morgan fingerprint density at radius 3 is 2.54 bits per heavy atom. The first-order chi connectivity index (χ1) is 11.2. The molecule has 1 aromatic rings. The molecule has 0 amide bonds. The molecule has 0 radical (unpaired) electrons. The van der Waals surface area contributed by atoms with Crippen molar-refractivity contribution in [3.63, 3.8) is 0 Å². The Kier molecular flexibility index (Phi) is 9.66. The molecule has 1 heterocycles. The van der Waals surface area contributed by atoms with Crippen LogP contribution in [0.5, 0.6) is 0 Å². The highest BCUT2D eigenvalue weighted by molar-refractivity contribution is 14.0. The number of likely N-dealkylation sites (N-methyl/N-ethyl adjacent to an activating group) is 1. The Balaban J connectivity index is 0.00000288. The van der Waals surface area contributed by atoms with E-state index in [0.29, 0.717) is 12.0 Å². The van der Waals surface area contributed by atoms with E-state index in [2.05, 4.69) is 71.2 Å². The highest BCUT2D eigenvalue weighted by Gasteiger charge is 2.26. The molecule has 0 bridgehead atoms.